The van der Waals surface area contributed by atoms with Gasteiger partial charge in [0.05, 0.1) is 17.6 Å². The van der Waals surface area contributed by atoms with E-state index in [-0.39, 0.29) is 17.3 Å². The van der Waals surface area contributed by atoms with E-state index in [0.717, 1.165) is 42.7 Å². The molecule has 0 fully saturated rings. The highest BCUT2D eigenvalue weighted by atomic mass is 32.2. The second-order valence-corrected chi connectivity index (χ2v) is 7.56. The molecule has 2 aromatic carbocycles. The Morgan fingerprint density at radius 3 is 2.67 bits per heavy atom. The quantitative estimate of drug-likeness (QED) is 0.892. The Morgan fingerprint density at radius 1 is 1.12 bits per heavy atom. The molecule has 0 bridgehead atoms. The van der Waals surface area contributed by atoms with E-state index in [4.69, 9.17) is 0 Å². The van der Waals surface area contributed by atoms with E-state index in [1.807, 2.05) is 12.1 Å². The zero-order valence-corrected chi connectivity index (χ0v) is 13.9. The third-order valence-electron chi connectivity index (χ3n) is 3.92. The Balaban J connectivity index is 1.92. The maximum absolute atomic E-state index is 13.4. The highest BCUT2D eigenvalue weighted by Crippen LogP contribution is 2.28. The van der Waals surface area contributed by atoms with E-state index in [1.54, 1.807) is 6.07 Å². The first kappa shape index (κ1) is 16.4. The summed E-state index contributed by atoms with van der Waals surface area (Å²) in [5, 5.41) is 2.67. The Labute approximate surface area is 139 Å². The smallest absolute Gasteiger partial charge is 0.256 e. The first-order chi connectivity index (χ1) is 11.3. The molecule has 0 atom stereocenters. The van der Waals surface area contributed by atoms with Gasteiger partial charge in [-0.3, -0.25) is 9.52 Å². The summed E-state index contributed by atoms with van der Waals surface area (Å²) in [5.74, 6) is -0.934. The second-order valence-electron chi connectivity index (χ2n) is 5.82. The molecule has 0 radical (unpaired) electrons. The number of hydrogen-bond donors (Lipinski definition) is 2. The second kappa shape index (κ2) is 6.24. The van der Waals surface area contributed by atoms with Crippen molar-refractivity contribution in [2.24, 2.45) is 0 Å². The maximum atomic E-state index is 13.4. The molecular formula is C17H17FN2O3S. The van der Waals surface area contributed by atoms with Crippen LogP contribution >= 0.6 is 0 Å². The lowest BCUT2D eigenvalue weighted by molar-refractivity contribution is 0.102. The molecule has 5 nitrogen and oxygen atoms in total. The van der Waals surface area contributed by atoms with E-state index in [9.17, 15) is 17.6 Å². The number of carbonyl (C=O) groups is 1. The van der Waals surface area contributed by atoms with Crippen molar-refractivity contribution in [3.8, 4) is 0 Å². The van der Waals surface area contributed by atoms with Crippen molar-refractivity contribution in [1.82, 2.24) is 0 Å². The fraction of sp³-hybridized carbons (Fsp3) is 0.235. The van der Waals surface area contributed by atoms with Gasteiger partial charge in [0.25, 0.3) is 5.91 Å². The van der Waals surface area contributed by atoms with E-state index >= 15 is 0 Å². The Hall–Kier alpha value is -2.41. The van der Waals surface area contributed by atoms with Gasteiger partial charge in [-0.2, -0.15) is 0 Å². The van der Waals surface area contributed by atoms with Crippen LogP contribution in [0.3, 0.4) is 0 Å². The number of fused-ring (bicyclic) bond motifs is 1. The van der Waals surface area contributed by atoms with Crippen LogP contribution in [0.4, 0.5) is 15.8 Å². The van der Waals surface area contributed by atoms with Gasteiger partial charge < -0.3 is 5.32 Å². The molecule has 0 heterocycles. The van der Waals surface area contributed by atoms with Crippen LogP contribution in [-0.4, -0.2) is 20.6 Å². The van der Waals surface area contributed by atoms with Gasteiger partial charge in [0.1, 0.15) is 5.82 Å². The number of rotatable bonds is 4. The van der Waals surface area contributed by atoms with Crippen molar-refractivity contribution in [3.05, 3.63) is 58.9 Å². The summed E-state index contributed by atoms with van der Waals surface area (Å²) in [7, 11) is -3.59. The molecule has 2 N–H and O–H groups in total. The zero-order chi connectivity index (χ0) is 17.3. The number of nitrogens with one attached hydrogen (secondary N) is 2. The van der Waals surface area contributed by atoms with Crippen LogP contribution in [0.25, 0.3) is 0 Å². The molecule has 1 aliphatic rings. The van der Waals surface area contributed by atoms with Gasteiger partial charge in [0.15, 0.2) is 0 Å². The van der Waals surface area contributed by atoms with Gasteiger partial charge in [-0.25, -0.2) is 12.8 Å². The molecule has 126 valence electrons. The molecule has 0 aliphatic heterocycles. The average molecular weight is 348 g/mol. The van der Waals surface area contributed by atoms with E-state index < -0.39 is 15.8 Å². The topological polar surface area (TPSA) is 75.3 Å². The summed E-state index contributed by atoms with van der Waals surface area (Å²) in [4.78, 5) is 12.6. The summed E-state index contributed by atoms with van der Waals surface area (Å²) in [6.45, 7) is 0. The monoisotopic (exact) mass is 348 g/mol. The van der Waals surface area contributed by atoms with Crippen molar-refractivity contribution in [1.29, 1.82) is 0 Å². The predicted octanol–water partition coefficient (Wildman–Crippen LogP) is 2.94. The molecule has 1 amide bonds. The highest BCUT2D eigenvalue weighted by molar-refractivity contribution is 7.92. The van der Waals surface area contributed by atoms with Gasteiger partial charge in [-0.05, 0) is 48.6 Å². The summed E-state index contributed by atoms with van der Waals surface area (Å²) >= 11 is 0. The summed E-state index contributed by atoms with van der Waals surface area (Å²) in [6, 6.07) is 9.12. The number of hydrogen-bond acceptors (Lipinski definition) is 3. The highest BCUT2D eigenvalue weighted by Gasteiger charge is 2.20. The van der Waals surface area contributed by atoms with Crippen LogP contribution in [0.1, 0.15) is 27.9 Å². The van der Waals surface area contributed by atoms with Gasteiger partial charge in [-0.15, -0.1) is 0 Å². The van der Waals surface area contributed by atoms with Crippen molar-refractivity contribution in [2.45, 2.75) is 19.3 Å². The van der Waals surface area contributed by atoms with Crippen LogP contribution in [0.5, 0.6) is 0 Å². The Kier molecular flexibility index (Phi) is 4.28. The number of anilines is 2. The lowest BCUT2D eigenvalue weighted by Gasteiger charge is -2.14. The fourth-order valence-electron chi connectivity index (χ4n) is 2.93. The number of sulfonamides is 1. The largest absolute Gasteiger partial charge is 0.320 e. The molecule has 24 heavy (non-hydrogen) atoms. The molecule has 7 heteroatoms. The van der Waals surface area contributed by atoms with Crippen molar-refractivity contribution < 1.29 is 17.6 Å². The molecule has 0 spiro atoms. The van der Waals surface area contributed by atoms with E-state index in [0.29, 0.717) is 5.56 Å². The first-order valence-corrected chi connectivity index (χ1v) is 9.42. The third kappa shape index (κ3) is 3.56. The first-order valence-electron chi connectivity index (χ1n) is 7.53. The third-order valence-corrected chi connectivity index (χ3v) is 4.51. The summed E-state index contributed by atoms with van der Waals surface area (Å²) in [6.07, 6.45) is 3.77. The van der Waals surface area contributed by atoms with Gasteiger partial charge in [0.2, 0.25) is 10.0 Å². The van der Waals surface area contributed by atoms with Gasteiger partial charge in [-0.1, -0.05) is 12.1 Å². The minimum Gasteiger partial charge on any atom is -0.320 e. The summed E-state index contributed by atoms with van der Waals surface area (Å²) in [5.41, 5.74) is 2.96. The molecular weight excluding hydrogens is 331 g/mol. The Morgan fingerprint density at radius 2 is 1.92 bits per heavy atom. The molecule has 0 unspecified atom stereocenters. The van der Waals surface area contributed by atoms with Crippen LogP contribution in [-0.2, 0) is 22.9 Å². The normalized spacial score (nSPS) is 13.4. The predicted molar refractivity (Wildman–Crippen MR) is 91.3 cm³/mol. The van der Waals surface area contributed by atoms with Crippen LogP contribution < -0.4 is 10.0 Å². The van der Waals surface area contributed by atoms with Crippen LogP contribution in [0.15, 0.2) is 36.4 Å². The fourth-order valence-corrected chi connectivity index (χ4v) is 3.50. The molecule has 0 aromatic heterocycles. The van der Waals surface area contributed by atoms with Crippen molar-refractivity contribution >= 4 is 27.3 Å². The minimum absolute atomic E-state index is 0.00146. The number of aryl methyl sites for hydroxylation is 1. The molecule has 0 saturated heterocycles. The SMILES string of the molecule is CS(=O)(=O)Nc1cc(F)ccc1NC(=O)c1cccc2c1CCC2. The van der Waals surface area contributed by atoms with E-state index in [2.05, 4.69) is 10.0 Å². The lowest BCUT2D eigenvalue weighted by atomic mass is 10.0. The van der Waals surface area contributed by atoms with E-state index in [1.165, 1.54) is 12.1 Å². The average Bonchev–Trinajstić information content (AvgIpc) is 2.96. The number of halogens is 1. The molecule has 1 aliphatic carbocycles. The van der Waals surface area contributed by atoms with Gasteiger partial charge in [0, 0.05) is 11.6 Å². The lowest BCUT2D eigenvalue weighted by Crippen LogP contribution is -2.17. The van der Waals surface area contributed by atoms with Crippen molar-refractivity contribution in [2.75, 3.05) is 16.3 Å². The Bertz CT molecular complexity index is 910. The minimum atomic E-state index is -3.59. The van der Waals surface area contributed by atoms with Crippen LogP contribution in [0.2, 0.25) is 0 Å². The molecule has 2 aromatic rings. The molecule has 3 rings (SSSR count). The van der Waals surface area contributed by atoms with Gasteiger partial charge >= 0.3 is 0 Å². The number of benzene rings is 2. The zero-order valence-electron chi connectivity index (χ0n) is 13.1. The maximum Gasteiger partial charge on any atom is 0.256 e. The number of carbonyl (C=O) groups excluding carboxylic acids is 1. The van der Waals surface area contributed by atoms with Crippen LogP contribution in [0, 0.1) is 5.82 Å². The number of amides is 1. The molecule has 0 saturated carbocycles. The van der Waals surface area contributed by atoms with Crippen molar-refractivity contribution in [3.63, 3.8) is 0 Å². The standard InChI is InChI=1S/C17H17FN2O3S/c1-24(22,23)20-16-10-12(18)8-9-15(16)19-17(21)14-7-3-5-11-4-2-6-13(11)14/h3,5,7-10,20H,2,4,6H2,1H3,(H,19,21). The summed E-state index contributed by atoms with van der Waals surface area (Å²) < 4.78 is 38.5.